The van der Waals surface area contributed by atoms with Crippen LogP contribution in [0, 0.1) is 0 Å². The number of hydrogen-bond donors (Lipinski definition) is 1. The van der Waals surface area contributed by atoms with Gasteiger partial charge in [0.05, 0.1) is 12.8 Å². The second-order valence-electron chi connectivity index (χ2n) is 6.26. The average molecular weight is 335 g/mol. The van der Waals surface area contributed by atoms with Crippen LogP contribution in [0.4, 0.5) is 8.78 Å². The minimum atomic E-state index is -2.41. The molecule has 6 heteroatoms. The van der Waals surface area contributed by atoms with Crippen LogP contribution in [0.2, 0.25) is 0 Å². The number of nitrogens with zero attached hydrogens (tertiary/aromatic N) is 3. The number of rotatable bonds is 7. The monoisotopic (exact) mass is 335 g/mol. The SMILES string of the molecule is OCCN(Cc1cnn(CC(F)F)c1)C1CCCc2ccccc21. The van der Waals surface area contributed by atoms with Gasteiger partial charge in [0.1, 0.15) is 6.54 Å². The van der Waals surface area contributed by atoms with E-state index in [-0.39, 0.29) is 19.2 Å². The fraction of sp³-hybridized carbons (Fsp3) is 0.500. The molecule has 3 rings (SSSR count). The molecule has 4 nitrogen and oxygen atoms in total. The molecule has 1 aliphatic rings. The molecule has 0 saturated heterocycles. The second kappa shape index (κ2) is 7.85. The first kappa shape index (κ1) is 17.0. The van der Waals surface area contributed by atoms with E-state index in [4.69, 9.17) is 0 Å². The molecule has 0 spiro atoms. The van der Waals surface area contributed by atoms with Crippen molar-refractivity contribution in [3.63, 3.8) is 0 Å². The van der Waals surface area contributed by atoms with Crippen molar-refractivity contribution in [3.8, 4) is 0 Å². The predicted octanol–water partition coefficient (Wildman–Crippen LogP) is 3.02. The van der Waals surface area contributed by atoms with E-state index >= 15 is 0 Å². The summed E-state index contributed by atoms with van der Waals surface area (Å²) >= 11 is 0. The van der Waals surface area contributed by atoms with Crippen LogP contribution in [0.3, 0.4) is 0 Å². The van der Waals surface area contributed by atoms with Crippen LogP contribution in [0.1, 0.15) is 35.6 Å². The van der Waals surface area contributed by atoms with Gasteiger partial charge in [-0.3, -0.25) is 9.58 Å². The maximum absolute atomic E-state index is 12.5. The third-order valence-corrected chi connectivity index (χ3v) is 4.56. The Balaban J connectivity index is 1.77. The third-order valence-electron chi connectivity index (χ3n) is 4.56. The second-order valence-corrected chi connectivity index (χ2v) is 6.26. The van der Waals surface area contributed by atoms with E-state index in [0.717, 1.165) is 24.8 Å². The number of aliphatic hydroxyl groups is 1. The lowest BCUT2D eigenvalue weighted by Crippen LogP contribution is -2.33. The fourth-order valence-corrected chi connectivity index (χ4v) is 3.54. The van der Waals surface area contributed by atoms with E-state index in [9.17, 15) is 13.9 Å². The molecule has 1 atom stereocenters. The van der Waals surface area contributed by atoms with Crippen molar-refractivity contribution in [2.45, 2.75) is 44.8 Å². The largest absolute Gasteiger partial charge is 0.395 e. The molecule has 0 radical (unpaired) electrons. The molecule has 2 aromatic rings. The summed E-state index contributed by atoms with van der Waals surface area (Å²) in [6.07, 6.45) is 4.16. The van der Waals surface area contributed by atoms with Crippen LogP contribution >= 0.6 is 0 Å². The lowest BCUT2D eigenvalue weighted by atomic mass is 9.86. The normalized spacial score (nSPS) is 17.5. The number of hydrogen-bond acceptors (Lipinski definition) is 3. The van der Waals surface area contributed by atoms with Crippen LogP contribution in [0.15, 0.2) is 36.7 Å². The zero-order valence-electron chi connectivity index (χ0n) is 13.6. The maximum Gasteiger partial charge on any atom is 0.257 e. The molecule has 130 valence electrons. The first-order valence-corrected chi connectivity index (χ1v) is 8.39. The molecule has 0 fully saturated rings. The zero-order chi connectivity index (χ0) is 16.9. The van der Waals surface area contributed by atoms with Crippen molar-refractivity contribution in [1.82, 2.24) is 14.7 Å². The first-order valence-electron chi connectivity index (χ1n) is 8.39. The Kier molecular flexibility index (Phi) is 5.58. The quantitative estimate of drug-likeness (QED) is 0.846. The lowest BCUT2D eigenvalue weighted by Gasteiger charge is -2.35. The highest BCUT2D eigenvalue weighted by Gasteiger charge is 2.25. The Labute approximate surface area is 140 Å². The van der Waals surface area contributed by atoms with Crippen LogP contribution in [0.5, 0.6) is 0 Å². The van der Waals surface area contributed by atoms with E-state index < -0.39 is 6.43 Å². The molecule has 1 heterocycles. The van der Waals surface area contributed by atoms with E-state index in [1.165, 1.54) is 15.8 Å². The van der Waals surface area contributed by atoms with Gasteiger partial charge in [0.15, 0.2) is 0 Å². The average Bonchev–Trinajstić information content (AvgIpc) is 3.00. The summed E-state index contributed by atoms with van der Waals surface area (Å²) in [5.41, 5.74) is 3.58. The Morgan fingerprint density at radius 3 is 2.96 bits per heavy atom. The summed E-state index contributed by atoms with van der Waals surface area (Å²) in [6, 6.07) is 8.68. The summed E-state index contributed by atoms with van der Waals surface area (Å²) in [6.45, 7) is 0.845. The van der Waals surface area contributed by atoms with Crippen molar-refractivity contribution in [1.29, 1.82) is 0 Å². The Bertz CT molecular complexity index is 659. The molecule has 1 aromatic heterocycles. The number of aromatic nitrogens is 2. The molecular weight excluding hydrogens is 312 g/mol. The standard InChI is InChI=1S/C18H23F2N3O/c19-18(20)13-23-12-14(10-21-23)11-22(8-9-24)17-7-3-5-15-4-1-2-6-16(15)17/h1-2,4,6,10,12,17-18,24H,3,5,7-9,11,13H2. The molecular formula is C18H23F2N3O. The van der Waals surface area contributed by atoms with Gasteiger partial charge in [-0.1, -0.05) is 24.3 Å². The van der Waals surface area contributed by atoms with Crippen molar-refractivity contribution in [3.05, 3.63) is 53.3 Å². The minimum Gasteiger partial charge on any atom is -0.395 e. The highest BCUT2D eigenvalue weighted by molar-refractivity contribution is 5.32. The third kappa shape index (κ3) is 3.99. The Hall–Kier alpha value is -1.79. The zero-order valence-corrected chi connectivity index (χ0v) is 13.6. The van der Waals surface area contributed by atoms with Gasteiger partial charge in [-0.15, -0.1) is 0 Å². The van der Waals surface area contributed by atoms with E-state index in [1.807, 2.05) is 0 Å². The molecule has 0 saturated carbocycles. The fourth-order valence-electron chi connectivity index (χ4n) is 3.54. The molecule has 1 N–H and O–H groups in total. The molecule has 0 amide bonds. The van der Waals surface area contributed by atoms with E-state index in [0.29, 0.717) is 13.1 Å². The highest BCUT2D eigenvalue weighted by Crippen LogP contribution is 2.34. The summed E-state index contributed by atoms with van der Waals surface area (Å²) in [7, 11) is 0. The van der Waals surface area contributed by atoms with Gasteiger partial charge in [-0.05, 0) is 30.4 Å². The van der Waals surface area contributed by atoms with Crippen molar-refractivity contribution < 1.29 is 13.9 Å². The number of aryl methyl sites for hydroxylation is 1. The van der Waals surface area contributed by atoms with Gasteiger partial charge in [0.25, 0.3) is 6.43 Å². The van der Waals surface area contributed by atoms with Crippen molar-refractivity contribution in [2.24, 2.45) is 0 Å². The maximum atomic E-state index is 12.5. The van der Waals surface area contributed by atoms with Crippen LogP contribution in [0.25, 0.3) is 0 Å². The summed E-state index contributed by atoms with van der Waals surface area (Å²) in [5.74, 6) is 0. The van der Waals surface area contributed by atoms with Gasteiger partial charge in [0.2, 0.25) is 0 Å². The first-order chi connectivity index (χ1) is 11.7. The topological polar surface area (TPSA) is 41.3 Å². The molecule has 1 aliphatic carbocycles. The van der Waals surface area contributed by atoms with Gasteiger partial charge in [-0.2, -0.15) is 5.10 Å². The predicted molar refractivity (Wildman–Crippen MR) is 87.8 cm³/mol. The molecule has 1 unspecified atom stereocenters. The number of benzene rings is 1. The van der Waals surface area contributed by atoms with E-state index in [2.05, 4.69) is 34.3 Å². The van der Waals surface area contributed by atoms with Crippen molar-refractivity contribution >= 4 is 0 Å². The lowest BCUT2D eigenvalue weighted by molar-refractivity contribution is 0.121. The summed E-state index contributed by atoms with van der Waals surface area (Å²) in [5, 5.41) is 13.5. The molecule has 1 aromatic carbocycles. The van der Waals surface area contributed by atoms with Gasteiger partial charge >= 0.3 is 0 Å². The number of aliphatic hydroxyl groups excluding tert-OH is 1. The smallest absolute Gasteiger partial charge is 0.257 e. The van der Waals surface area contributed by atoms with E-state index in [1.54, 1.807) is 12.4 Å². The van der Waals surface area contributed by atoms with Crippen LogP contribution < -0.4 is 0 Å². The summed E-state index contributed by atoms with van der Waals surface area (Å²) < 4.78 is 26.2. The molecule has 0 bridgehead atoms. The van der Waals surface area contributed by atoms with Gasteiger partial charge in [0, 0.05) is 30.9 Å². The number of halogens is 2. The van der Waals surface area contributed by atoms with Gasteiger partial charge in [-0.25, -0.2) is 8.78 Å². The Morgan fingerprint density at radius 1 is 1.33 bits per heavy atom. The summed E-state index contributed by atoms with van der Waals surface area (Å²) in [4.78, 5) is 2.22. The minimum absolute atomic E-state index is 0.0733. The Morgan fingerprint density at radius 2 is 2.17 bits per heavy atom. The number of alkyl halides is 2. The molecule has 24 heavy (non-hydrogen) atoms. The highest BCUT2D eigenvalue weighted by atomic mass is 19.3. The van der Waals surface area contributed by atoms with Crippen molar-refractivity contribution in [2.75, 3.05) is 13.2 Å². The van der Waals surface area contributed by atoms with Crippen LogP contribution in [-0.2, 0) is 19.5 Å². The van der Waals surface area contributed by atoms with Crippen LogP contribution in [-0.4, -0.2) is 39.4 Å². The van der Waals surface area contributed by atoms with Gasteiger partial charge < -0.3 is 5.11 Å². The molecule has 0 aliphatic heterocycles. The number of fused-ring (bicyclic) bond motifs is 1.